The molecule has 4 heteroatoms. The van der Waals surface area contributed by atoms with E-state index in [2.05, 4.69) is 34.8 Å². The molecule has 1 amide bonds. The fraction of sp³-hybridized carbons (Fsp3) is 0.235. The van der Waals surface area contributed by atoms with E-state index in [0.717, 1.165) is 27.0 Å². The highest BCUT2D eigenvalue weighted by atomic mass is 127. The molecule has 0 unspecified atom stereocenters. The van der Waals surface area contributed by atoms with Crippen molar-refractivity contribution >= 4 is 34.2 Å². The number of amides is 1. The summed E-state index contributed by atoms with van der Waals surface area (Å²) >= 11 is 2.26. The van der Waals surface area contributed by atoms with Gasteiger partial charge in [-0.25, -0.2) is 0 Å². The molecule has 0 spiro atoms. The molecule has 0 saturated carbocycles. The lowest BCUT2D eigenvalue weighted by Gasteiger charge is -2.09. The van der Waals surface area contributed by atoms with Gasteiger partial charge in [0.25, 0.3) is 5.91 Å². The van der Waals surface area contributed by atoms with Crippen LogP contribution in [-0.4, -0.2) is 12.5 Å². The molecule has 0 atom stereocenters. The largest absolute Gasteiger partial charge is 0.494 e. The van der Waals surface area contributed by atoms with Crippen molar-refractivity contribution in [3.8, 4) is 5.75 Å². The minimum Gasteiger partial charge on any atom is -0.494 e. The van der Waals surface area contributed by atoms with Crippen molar-refractivity contribution in [3.63, 3.8) is 0 Å². The number of nitrogens with one attached hydrogen (secondary N) is 1. The van der Waals surface area contributed by atoms with Crippen LogP contribution >= 0.6 is 22.6 Å². The van der Waals surface area contributed by atoms with E-state index in [1.54, 1.807) is 12.1 Å². The molecule has 2 rings (SSSR count). The summed E-state index contributed by atoms with van der Waals surface area (Å²) in [6.45, 7) is 4.73. The van der Waals surface area contributed by atoms with Crippen molar-refractivity contribution < 1.29 is 9.53 Å². The Morgan fingerprint density at radius 2 is 1.90 bits per heavy atom. The molecule has 0 radical (unpaired) electrons. The van der Waals surface area contributed by atoms with E-state index in [1.165, 1.54) is 0 Å². The van der Waals surface area contributed by atoms with Crippen LogP contribution in [0.25, 0.3) is 0 Å². The normalized spacial score (nSPS) is 10.2. The van der Waals surface area contributed by atoms with Gasteiger partial charge >= 0.3 is 0 Å². The zero-order valence-corrected chi connectivity index (χ0v) is 14.3. The number of hydrogen-bond donors (Lipinski definition) is 1. The predicted octanol–water partition coefficient (Wildman–Crippen LogP) is 4.64. The molecule has 110 valence electrons. The molecule has 3 nitrogen and oxygen atoms in total. The SMILES string of the molecule is CCCOc1ccc(C(=O)Nc2ccc(I)cc2C)cc1. The highest BCUT2D eigenvalue weighted by molar-refractivity contribution is 14.1. The smallest absolute Gasteiger partial charge is 0.255 e. The molecule has 0 aliphatic carbocycles. The number of halogens is 1. The second kappa shape index (κ2) is 7.45. The van der Waals surface area contributed by atoms with Crippen LogP contribution in [0.3, 0.4) is 0 Å². The molecule has 21 heavy (non-hydrogen) atoms. The second-order valence-corrected chi connectivity index (χ2v) is 6.03. The Morgan fingerprint density at radius 3 is 2.52 bits per heavy atom. The van der Waals surface area contributed by atoms with Crippen molar-refractivity contribution in [1.82, 2.24) is 0 Å². The first-order valence-corrected chi connectivity index (χ1v) is 7.98. The monoisotopic (exact) mass is 395 g/mol. The van der Waals surface area contributed by atoms with E-state index in [1.807, 2.05) is 37.3 Å². The fourth-order valence-electron chi connectivity index (χ4n) is 1.88. The van der Waals surface area contributed by atoms with E-state index in [4.69, 9.17) is 4.74 Å². The van der Waals surface area contributed by atoms with Gasteiger partial charge in [-0.3, -0.25) is 4.79 Å². The van der Waals surface area contributed by atoms with Gasteiger partial charge < -0.3 is 10.1 Å². The average molecular weight is 395 g/mol. The van der Waals surface area contributed by atoms with Gasteiger partial charge in [-0.1, -0.05) is 6.92 Å². The van der Waals surface area contributed by atoms with Crippen molar-refractivity contribution in [2.45, 2.75) is 20.3 Å². The molecule has 2 aromatic rings. The first-order chi connectivity index (χ1) is 10.1. The molecule has 0 fully saturated rings. The first-order valence-electron chi connectivity index (χ1n) is 6.90. The van der Waals surface area contributed by atoms with Crippen LogP contribution in [0.2, 0.25) is 0 Å². The molecule has 0 bridgehead atoms. The maximum Gasteiger partial charge on any atom is 0.255 e. The Bertz CT molecular complexity index is 623. The standard InChI is InChI=1S/C17H18INO2/c1-3-10-21-15-7-4-13(5-8-15)17(20)19-16-9-6-14(18)11-12(16)2/h4-9,11H,3,10H2,1-2H3,(H,19,20). The summed E-state index contributed by atoms with van der Waals surface area (Å²) in [5, 5.41) is 2.93. The van der Waals surface area contributed by atoms with Crippen molar-refractivity contribution in [2.24, 2.45) is 0 Å². The van der Waals surface area contributed by atoms with Crippen LogP contribution in [-0.2, 0) is 0 Å². The Balaban J connectivity index is 2.06. The third-order valence-corrected chi connectivity index (χ3v) is 3.70. The predicted molar refractivity (Wildman–Crippen MR) is 94.1 cm³/mol. The second-order valence-electron chi connectivity index (χ2n) is 4.79. The van der Waals surface area contributed by atoms with Crippen LogP contribution in [0.5, 0.6) is 5.75 Å². The number of carbonyl (C=O) groups excluding carboxylic acids is 1. The lowest BCUT2D eigenvalue weighted by molar-refractivity contribution is 0.102. The Hall–Kier alpha value is -1.56. The van der Waals surface area contributed by atoms with Gasteiger partial charge in [0, 0.05) is 14.8 Å². The van der Waals surface area contributed by atoms with Gasteiger partial charge in [-0.2, -0.15) is 0 Å². The van der Waals surface area contributed by atoms with Crippen LogP contribution in [0.1, 0.15) is 29.3 Å². The summed E-state index contributed by atoms with van der Waals surface area (Å²) in [4.78, 5) is 12.2. The van der Waals surface area contributed by atoms with E-state index in [0.29, 0.717) is 12.2 Å². The van der Waals surface area contributed by atoms with E-state index < -0.39 is 0 Å². The number of anilines is 1. The molecule has 1 N–H and O–H groups in total. The van der Waals surface area contributed by atoms with Gasteiger partial charge in [-0.05, 0) is 84.0 Å². The summed E-state index contributed by atoms with van der Waals surface area (Å²) in [5.41, 5.74) is 2.52. The average Bonchev–Trinajstić information content (AvgIpc) is 2.48. The third-order valence-electron chi connectivity index (χ3n) is 3.03. The Morgan fingerprint density at radius 1 is 1.19 bits per heavy atom. The van der Waals surface area contributed by atoms with Gasteiger partial charge in [0.2, 0.25) is 0 Å². The van der Waals surface area contributed by atoms with Crippen molar-refractivity contribution in [3.05, 3.63) is 57.2 Å². The van der Waals surface area contributed by atoms with E-state index >= 15 is 0 Å². The topological polar surface area (TPSA) is 38.3 Å². The summed E-state index contributed by atoms with van der Waals surface area (Å²) in [7, 11) is 0. The molecule has 0 aliphatic rings. The molecular formula is C17H18INO2. The molecule has 0 aliphatic heterocycles. The quantitative estimate of drug-likeness (QED) is 0.750. The van der Waals surface area contributed by atoms with Gasteiger partial charge in [-0.15, -0.1) is 0 Å². The summed E-state index contributed by atoms with van der Waals surface area (Å²) < 4.78 is 6.66. The van der Waals surface area contributed by atoms with Crippen LogP contribution < -0.4 is 10.1 Å². The lowest BCUT2D eigenvalue weighted by atomic mass is 10.1. The van der Waals surface area contributed by atoms with Crippen molar-refractivity contribution in [2.75, 3.05) is 11.9 Å². The minimum atomic E-state index is -0.110. The molecule has 2 aromatic carbocycles. The molecule has 0 aromatic heterocycles. The minimum absolute atomic E-state index is 0.110. The molecule has 0 heterocycles. The van der Waals surface area contributed by atoms with Crippen LogP contribution in [0.4, 0.5) is 5.69 Å². The lowest BCUT2D eigenvalue weighted by Crippen LogP contribution is -2.12. The number of rotatable bonds is 5. The van der Waals surface area contributed by atoms with Crippen molar-refractivity contribution in [1.29, 1.82) is 0 Å². The van der Waals surface area contributed by atoms with Crippen LogP contribution in [0, 0.1) is 10.5 Å². The van der Waals surface area contributed by atoms with Gasteiger partial charge in [0.15, 0.2) is 0 Å². The maximum atomic E-state index is 12.2. The third kappa shape index (κ3) is 4.46. The highest BCUT2D eigenvalue weighted by Gasteiger charge is 2.08. The number of aryl methyl sites for hydroxylation is 1. The van der Waals surface area contributed by atoms with E-state index in [-0.39, 0.29) is 5.91 Å². The highest BCUT2D eigenvalue weighted by Crippen LogP contribution is 2.19. The van der Waals surface area contributed by atoms with Gasteiger partial charge in [0.1, 0.15) is 5.75 Å². The fourth-order valence-corrected chi connectivity index (χ4v) is 2.53. The summed E-state index contributed by atoms with van der Waals surface area (Å²) in [6, 6.07) is 13.2. The first kappa shape index (κ1) is 15.8. The molecule has 0 saturated heterocycles. The Kier molecular flexibility index (Phi) is 5.61. The Labute approximate surface area is 138 Å². The molecular weight excluding hydrogens is 377 g/mol. The summed E-state index contributed by atoms with van der Waals surface area (Å²) in [5.74, 6) is 0.681. The summed E-state index contributed by atoms with van der Waals surface area (Å²) in [6.07, 6.45) is 0.967. The zero-order valence-electron chi connectivity index (χ0n) is 12.2. The number of hydrogen-bond acceptors (Lipinski definition) is 2. The zero-order chi connectivity index (χ0) is 15.2. The number of carbonyl (C=O) groups is 1. The number of ether oxygens (including phenoxy) is 1. The number of benzene rings is 2. The van der Waals surface area contributed by atoms with Crippen LogP contribution in [0.15, 0.2) is 42.5 Å². The van der Waals surface area contributed by atoms with E-state index in [9.17, 15) is 4.79 Å². The van der Waals surface area contributed by atoms with Gasteiger partial charge in [0.05, 0.1) is 6.61 Å². The maximum absolute atomic E-state index is 12.2.